The summed E-state index contributed by atoms with van der Waals surface area (Å²) >= 11 is 0. The molecule has 1 heterocycles. The van der Waals surface area contributed by atoms with E-state index in [1.807, 2.05) is 7.05 Å². The van der Waals surface area contributed by atoms with Crippen LogP contribution in [0.1, 0.15) is 47.0 Å². The van der Waals surface area contributed by atoms with E-state index >= 15 is 0 Å². The zero-order chi connectivity index (χ0) is 16.2. The summed E-state index contributed by atoms with van der Waals surface area (Å²) in [7, 11) is 1.86. The van der Waals surface area contributed by atoms with Gasteiger partial charge in [0.05, 0.1) is 0 Å². The summed E-state index contributed by atoms with van der Waals surface area (Å²) < 4.78 is 0. The first kappa shape index (κ1) is 20.7. The summed E-state index contributed by atoms with van der Waals surface area (Å²) in [5.74, 6) is 2.52. The largest absolute Gasteiger partial charge is 0.355 e. The van der Waals surface area contributed by atoms with Gasteiger partial charge in [-0.3, -0.25) is 9.89 Å². The molecule has 1 aliphatic heterocycles. The van der Waals surface area contributed by atoms with E-state index < -0.39 is 0 Å². The van der Waals surface area contributed by atoms with Crippen molar-refractivity contribution in [1.82, 2.24) is 15.5 Å². The molecule has 2 atom stereocenters. The zero-order valence-electron chi connectivity index (χ0n) is 15.4. The van der Waals surface area contributed by atoms with Gasteiger partial charge in [0.2, 0.25) is 0 Å². The molecule has 2 N–H and O–H groups in total. The second kappa shape index (κ2) is 9.25. The van der Waals surface area contributed by atoms with Crippen LogP contribution in [0.25, 0.3) is 0 Å². The van der Waals surface area contributed by atoms with Crippen LogP contribution < -0.4 is 10.6 Å². The van der Waals surface area contributed by atoms with Crippen molar-refractivity contribution in [3.63, 3.8) is 0 Å². The minimum Gasteiger partial charge on any atom is -0.355 e. The van der Waals surface area contributed by atoms with Crippen molar-refractivity contribution in [3.8, 4) is 0 Å². The molecule has 0 aromatic heterocycles. The van der Waals surface area contributed by atoms with Gasteiger partial charge in [0.15, 0.2) is 5.96 Å². The van der Waals surface area contributed by atoms with Crippen molar-refractivity contribution in [3.05, 3.63) is 12.2 Å². The summed E-state index contributed by atoms with van der Waals surface area (Å²) in [5.41, 5.74) is 0.147. The van der Waals surface area contributed by atoms with Gasteiger partial charge in [-0.05, 0) is 44.9 Å². The first-order valence-electron chi connectivity index (χ1n) is 8.78. The van der Waals surface area contributed by atoms with Crippen LogP contribution in [0.4, 0.5) is 0 Å². The SMILES string of the molecule is CN=C(NCC(C)(C)N1CC(C)CC(C)C1)NC1CC=CC1.I. The fraction of sp³-hybridized carbons (Fsp3) is 0.833. The lowest BCUT2D eigenvalue weighted by Gasteiger charge is -2.45. The average Bonchev–Trinajstić information content (AvgIpc) is 2.95. The van der Waals surface area contributed by atoms with E-state index in [1.54, 1.807) is 0 Å². The van der Waals surface area contributed by atoms with Crippen LogP contribution in [0.2, 0.25) is 0 Å². The number of hydrogen-bond donors (Lipinski definition) is 2. The molecule has 0 amide bonds. The maximum Gasteiger partial charge on any atom is 0.191 e. The fourth-order valence-electron chi connectivity index (χ4n) is 3.69. The quantitative estimate of drug-likeness (QED) is 0.309. The van der Waals surface area contributed by atoms with Gasteiger partial charge in [-0.15, -0.1) is 24.0 Å². The number of nitrogens with one attached hydrogen (secondary N) is 2. The molecule has 2 rings (SSSR count). The Bertz CT molecular complexity index is 401. The lowest BCUT2D eigenvalue weighted by atomic mass is 9.88. The third-order valence-corrected chi connectivity index (χ3v) is 4.99. The predicted molar refractivity (Wildman–Crippen MR) is 111 cm³/mol. The molecule has 1 saturated heterocycles. The lowest BCUT2D eigenvalue weighted by Crippen LogP contribution is -2.57. The molecule has 2 aliphatic rings. The third kappa shape index (κ3) is 6.25. The number of piperidine rings is 1. The molecular formula is C18H35IN4. The summed E-state index contributed by atoms with van der Waals surface area (Å²) in [6.07, 6.45) is 8.05. The van der Waals surface area contributed by atoms with Gasteiger partial charge in [-0.2, -0.15) is 0 Å². The van der Waals surface area contributed by atoms with Gasteiger partial charge in [-0.1, -0.05) is 26.0 Å². The first-order chi connectivity index (χ1) is 10.4. The van der Waals surface area contributed by atoms with Crippen LogP contribution in [-0.4, -0.2) is 49.1 Å². The normalized spacial score (nSPS) is 26.9. The van der Waals surface area contributed by atoms with Crippen molar-refractivity contribution in [2.45, 2.75) is 58.5 Å². The van der Waals surface area contributed by atoms with Crippen LogP contribution in [0.5, 0.6) is 0 Å². The first-order valence-corrected chi connectivity index (χ1v) is 8.78. The Morgan fingerprint density at radius 3 is 2.26 bits per heavy atom. The summed E-state index contributed by atoms with van der Waals surface area (Å²) in [6, 6.07) is 0.504. The molecule has 2 unspecified atom stereocenters. The van der Waals surface area contributed by atoms with Gasteiger partial charge in [0.25, 0.3) is 0 Å². The number of guanidine groups is 1. The Labute approximate surface area is 159 Å². The maximum absolute atomic E-state index is 4.38. The zero-order valence-corrected chi connectivity index (χ0v) is 17.8. The van der Waals surface area contributed by atoms with E-state index in [4.69, 9.17) is 0 Å². The number of halogens is 1. The maximum atomic E-state index is 4.38. The van der Waals surface area contributed by atoms with E-state index in [2.05, 4.69) is 60.4 Å². The molecule has 0 spiro atoms. The molecule has 1 aliphatic carbocycles. The molecule has 0 bridgehead atoms. The highest BCUT2D eigenvalue weighted by Crippen LogP contribution is 2.26. The smallest absolute Gasteiger partial charge is 0.191 e. The number of aliphatic imine (C=N–C) groups is 1. The predicted octanol–water partition coefficient (Wildman–Crippen LogP) is 3.24. The molecule has 0 saturated carbocycles. The minimum atomic E-state index is 0. The number of nitrogens with zero attached hydrogens (tertiary/aromatic N) is 2. The molecule has 4 nitrogen and oxygen atoms in total. The fourth-order valence-corrected chi connectivity index (χ4v) is 3.69. The van der Waals surface area contributed by atoms with E-state index in [9.17, 15) is 0 Å². The Morgan fingerprint density at radius 2 is 1.74 bits per heavy atom. The van der Waals surface area contributed by atoms with Crippen LogP contribution >= 0.6 is 24.0 Å². The number of likely N-dealkylation sites (tertiary alicyclic amines) is 1. The Balaban J connectivity index is 0.00000264. The van der Waals surface area contributed by atoms with Gasteiger partial charge in [-0.25, -0.2) is 0 Å². The summed E-state index contributed by atoms with van der Waals surface area (Å²) in [6.45, 7) is 12.8. The Kier molecular flexibility index (Phi) is 8.35. The van der Waals surface area contributed by atoms with E-state index in [0.29, 0.717) is 6.04 Å². The van der Waals surface area contributed by atoms with Crippen LogP contribution in [-0.2, 0) is 0 Å². The van der Waals surface area contributed by atoms with Gasteiger partial charge >= 0.3 is 0 Å². The Hall–Kier alpha value is -0.300. The minimum absolute atomic E-state index is 0. The van der Waals surface area contributed by atoms with Gasteiger partial charge < -0.3 is 10.6 Å². The monoisotopic (exact) mass is 434 g/mol. The number of hydrogen-bond acceptors (Lipinski definition) is 2. The highest BCUT2D eigenvalue weighted by atomic mass is 127. The molecule has 0 aromatic carbocycles. The molecular weight excluding hydrogens is 399 g/mol. The van der Waals surface area contributed by atoms with Crippen LogP contribution in [0.3, 0.4) is 0 Å². The third-order valence-electron chi connectivity index (χ3n) is 4.99. The van der Waals surface area contributed by atoms with E-state index in [1.165, 1.54) is 19.5 Å². The second-order valence-corrected chi connectivity index (χ2v) is 7.87. The van der Waals surface area contributed by atoms with Crippen LogP contribution in [0.15, 0.2) is 17.1 Å². The Morgan fingerprint density at radius 1 is 1.17 bits per heavy atom. The van der Waals surface area contributed by atoms with Gasteiger partial charge in [0, 0.05) is 38.3 Å². The molecule has 0 radical (unpaired) electrons. The van der Waals surface area contributed by atoms with Gasteiger partial charge in [0.1, 0.15) is 0 Å². The topological polar surface area (TPSA) is 39.7 Å². The second-order valence-electron chi connectivity index (χ2n) is 7.87. The van der Waals surface area contributed by atoms with Crippen molar-refractivity contribution in [2.24, 2.45) is 16.8 Å². The molecule has 23 heavy (non-hydrogen) atoms. The standard InChI is InChI=1S/C18H34N4.HI/c1-14-10-15(2)12-22(11-14)18(3,4)13-20-17(19-5)21-16-8-6-7-9-16;/h6-7,14-16H,8-13H2,1-5H3,(H2,19,20,21);1H. The molecule has 5 heteroatoms. The molecule has 0 aromatic rings. The molecule has 1 fully saturated rings. The highest BCUT2D eigenvalue weighted by molar-refractivity contribution is 14.0. The number of rotatable bonds is 4. The van der Waals surface area contributed by atoms with Crippen molar-refractivity contribution in [1.29, 1.82) is 0 Å². The highest BCUT2D eigenvalue weighted by Gasteiger charge is 2.32. The van der Waals surface area contributed by atoms with E-state index in [0.717, 1.165) is 37.2 Å². The lowest BCUT2D eigenvalue weighted by molar-refractivity contribution is 0.0483. The molecule has 134 valence electrons. The van der Waals surface area contributed by atoms with Crippen molar-refractivity contribution in [2.75, 3.05) is 26.7 Å². The van der Waals surface area contributed by atoms with Crippen molar-refractivity contribution < 1.29 is 0 Å². The van der Waals surface area contributed by atoms with Crippen molar-refractivity contribution >= 4 is 29.9 Å². The van der Waals surface area contributed by atoms with Crippen LogP contribution in [0, 0.1) is 11.8 Å². The van der Waals surface area contributed by atoms with E-state index in [-0.39, 0.29) is 29.5 Å². The average molecular weight is 434 g/mol. The summed E-state index contributed by atoms with van der Waals surface area (Å²) in [4.78, 5) is 7.02. The summed E-state index contributed by atoms with van der Waals surface area (Å²) in [5, 5.41) is 7.05.